The minimum atomic E-state index is 0.386. The molecule has 1 atom stereocenters. The van der Waals surface area contributed by atoms with Gasteiger partial charge in [-0.3, -0.25) is 0 Å². The van der Waals surface area contributed by atoms with Gasteiger partial charge in [-0.15, -0.1) is 0 Å². The Morgan fingerprint density at radius 3 is 2.93 bits per heavy atom. The monoisotopic (exact) mass is 212 g/mol. The smallest absolute Gasteiger partial charge is 0.140 e. The SMILES string of the molecule is CCC(COC)NCc1ncnn1CC. The molecule has 15 heavy (non-hydrogen) atoms. The molecule has 1 unspecified atom stereocenters. The Kier molecular flexibility index (Phi) is 5.28. The number of hydrogen-bond donors (Lipinski definition) is 1. The van der Waals surface area contributed by atoms with E-state index in [1.165, 1.54) is 0 Å². The zero-order valence-corrected chi connectivity index (χ0v) is 9.73. The molecule has 86 valence electrons. The molecule has 5 heteroatoms. The second kappa shape index (κ2) is 6.53. The summed E-state index contributed by atoms with van der Waals surface area (Å²) < 4.78 is 7.01. The van der Waals surface area contributed by atoms with Crippen LogP contribution in [0.4, 0.5) is 0 Å². The molecule has 0 radical (unpaired) electrons. The van der Waals surface area contributed by atoms with E-state index >= 15 is 0 Å². The van der Waals surface area contributed by atoms with E-state index in [1.807, 2.05) is 4.68 Å². The average Bonchev–Trinajstić information content (AvgIpc) is 2.71. The first-order valence-electron chi connectivity index (χ1n) is 5.40. The van der Waals surface area contributed by atoms with E-state index in [4.69, 9.17) is 4.74 Å². The van der Waals surface area contributed by atoms with Crippen LogP contribution in [0.3, 0.4) is 0 Å². The predicted octanol–water partition coefficient (Wildman–Crippen LogP) is 0.813. The quantitative estimate of drug-likeness (QED) is 0.727. The number of methoxy groups -OCH3 is 1. The zero-order chi connectivity index (χ0) is 11.1. The van der Waals surface area contributed by atoms with Crippen molar-refractivity contribution in [2.45, 2.75) is 39.4 Å². The molecule has 1 heterocycles. The summed E-state index contributed by atoms with van der Waals surface area (Å²) in [4.78, 5) is 4.20. The Bertz CT molecular complexity index is 274. The van der Waals surface area contributed by atoms with Gasteiger partial charge in [0, 0.05) is 19.7 Å². The van der Waals surface area contributed by atoms with Gasteiger partial charge in [0.2, 0.25) is 0 Å². The fraction of sp³-hybridized carbons (Fsp3) is 0.800. The number of nitrogens with one attached hydrogen (secondary N) is 1. The lowest BCUT2D eigenvalue weighted by Gasteiger charge is -2.15. The van der Waals surface area contributed by atoms with E-state index in [0.29, 0.717) is 6.04 Å². The highest BCUT2D eigenvalue weighted by molar-refractivity contribution is 4.84. The van der Waals surface area contributed by atoms with Crippen LogP contribution in [-0.2, 0) is 17.8 Å². The van der Waals surface area contributed by atoms with E-state index in [9.17, 15) is 0 Å². The third-order valence-corrected chi connectivity index (χ3v) is 2.40. The van der Waals surface area contributed by atoms with Crippen molar-refractivity contribution in [1.29, 1.82) is 0 Å². The number of rotatable bonds is 7. The zero-order valence-electron chi connectivity index (χ0n) is 9.73. The van der Waals surface area contributed by atoms with Crippen LogP contribution >= 0.6 is 0 Å². The van der Waals surface area contributed by atoms with Gasteiger partial charge in [0.05, 0.1) is 13.2 Å². The molecule has 0 aromatic carbocycles. The van der Waals surface area contributed by atoms with Crippen molar-refractivity contribution >= 4 is 0 Å². The van der Waals surface area contributed by atoms with Gasteiger partial charge in [0.1, 0.15) is 12.2 Å². The normalized spacial score (nSPS) is 13.0. The summed E-state index contributed by atoms with van der Waals surface area (Å²) in [6.07, 6.45) is 2.64. The average molecular weight is 212 g/mol. The Morgan fingerprint density at radius 2 is 2.33 bits per heavy atom. The summed E-state index contributed by atoms with van der Waals surface area (Å²) >= 11 is 0. The van der Waals surface area contributed by atoms with Crippen LogP contribution in [0.2, 0.25) is 0 Å². The maximum atomic E-state index is 5.12. The Balaban J connectivity index is 2.41. The van der Waals surface area contributed by atoms with Crippen LogP contribution in [0.1, 0.15) is 26.1 Å². The van der Waals surface area contributed by atoms with Crippen LogP contribution in [-0.4, -0.2) is 34.5 Å². The molecule has 0 fully saturated rings. The van der Waals surface area contributed by atoms with Crippen molar-refractivity contribution in [1.82, 2.24) is 20.1 Å². The lowest BCUT2D eigenvalue weighted by atomic mass is 10.2. The second-order valence-electron chi connectivity index (χ2n) is 3.43. The maximum Gasteiger partial charge on any atom is 0.140 e. The van der Waals surface area contributed by atoms with Crippen LogP contribution in [0.25, 0.3) is 0 Å². The lowest BCUT2D eigenvalue weighted by Crippen LogP contribution is -2.33. The molecular formula is C10H20N4O. The summed E-state index contributed by atoms with van der Waals surface area (Å²) in [7, 11) is 1.72. The minimum absolute atomic E-state index is 0.386. The van der Waals surface area contributed by atoms with Gasteiger partial charge in [-0.25, -0.2) is 9.67 Å². The summed E-state index contributed by atoms with van der Waals surface area (Å²) in [5.74, 6) is 0.979. The summed E-state index contributed by atoms with van der Waals surface area (Å²) in [6.45, 7) is 6.54. The lowest BCUT2D eigenvalue weighted by molar-refractivity contribution is 0.163. The van der Waals surface area contributed by atoms with Gasteiger partial charge in [-0.2, -0.15) is 5.10 Å². The Morgan fingerprint density at radius 1 is 1.53 bits per heavy atom. The van der Waals surface area contributed by atoms with Gasteiger partial charge in [-0.1, -0.05) is 6.92 Å². The molecular weight excluding hydrogens is 192 g/mol. The molecule has 0 bridgehead atoms. The Hall–Kier alpha value is -0.940. The number of aryl methyl sites for hydroxylation is 1. The van der Waals surface area contributed by atoms with E-state index in [2.05, 4.69) is 29.2 Å². The van der Waals surface area contributed by atoms with Crippen molar-refractivity contribution in [2.75, 3.05) is 13.7 Å². The van der Waals surface area contributed by atoms with E-state index in [-0.39, 0.29) is 0 Å². The van der Waals surface area contributed by atoms with Crippen molar-refractivity contribution in [3.8, 4) is 0 Å². The third kappa shape index (κ3) is 3.60. The van der Waals surface area contributed by atoms with E-state index in [0.717, 1.165) is 31.9 Å². The number of hydrogen-bond acceptors (Lipinski definition) is 4. The molecule has 0 aliphatic carbocycles. The highest BCUT2D eigenvalue weighted by Gasteiger charge is 2.07. The minimum Gasteiger partial charge on any atom is -0.383 e. The highest BCUT2D eigenvalue weighted by atomic mass is 16.5. The van der Waals surface area contributed by atoms with Crippen LogP contribution in [0.5, 0.6) is 0 Å². The topological polar surface area (TPSA) is 52.0 Å². The maximum absolute atomic E-state index is 5.12. The van der Waals surface area contributed by atoms with Gasteiger partial charge in [0.25, 0.3) is 0 Å². The van der Waals surface area contributed by atoms with Crippen molar-refractivity contribution in [3.05, 3.63) is 12.2 Å². The van der Waals surface area contributed by atoms with Crippen LogP contribution in [0, 0.1) is 0 Å². The largest absolute Gasteiger partial charge is 0.383 e. The van der Waals surface area contributed by atoms with Crippen LogP contribution in [0.15, 0.2) is 6.33 Å². The number of nitrogens with zero attached hydrogens (tertiary/aromatic N) is 3. The van der Waals surface area contributed by atoms with Crippen molar-refractivity contribution < 1.29 is 4.74 Å². The molecule has 0 aliphatic heterocycles. The summed E-state index contributed by atoms with van der Waals surface area (Å²) in [6, 6.07) is 0.386. The fourth-order valence-corrected chi connectivity index (χ4v) is 1.45. The highest BCUT2D eigenvalue weighted by Crippen LogP contribution is 1.97. The summed E-state index contributed by atoms with van der Waals surface area (Å²) in [5, 5.41) is 7.52. The van der Waals surface area contributed by atoms with Crippen molar-refractivity contribution in [3.63, 3.8) is 0 Å². The molecule has 0 spiro atoms. The number of aromatic nitrogens is 3. The van der Waals surface area contributed by atoms with Gasteiger partial charge in [-0.05, 0) is 13.3 Å². The predicted molar refractivity (Wildman–Crippen MR) is 58.5 cm³/mol. The molecule has 1 rings (SSSR count). The van der Waals surface area contributed by atoms with Crippen molar-refractivity contribution in [2.24, 2.45) is 0 Å². The Labute approximate surface area is 90.8 Å². The second-order valence-corrected chi connectivity index (χ2v) is 3.43. The first-order chi connectivity index (χ1) is 7.31. The molecule has 1 N–H and O–H groups in total. The first-order valence-corrected chi connectivity index (χ1v) is 5.40. The van der Waals surface area contributed by atoms with Gasteiger partial charge in [0.15, 0.2) is 0 Å². The van der Waals surface area contributed by atoms with Gasteiger partial charge >= 0.3 is 0 Å². The molecule has 5 nitrogen and oxygen atoms in total. The van der Waals surface area contributed by atoms with Crippen LogP contribution < -0.4 is 5.32 Å². The number of ether oxygens (including phenoxy) is 1. The summed E-state index contributed by atoms with van der Waals surface area (Å²) in [5.41, 5.74) is 0. The molecule has 0 amide bonds. The molecule has 1 aromatic rings. The third-order valence-electron chi connectivity index (χ3n) is 2.40. The molecule has 0 saturated carbocycles. The molecule has 1 aromatic heterocycles. The molecule has 0 aliphatic rings. The molecule has 0 saturated heterocycles. The standard InChI is InChI=1S/C10H20N4O/c1-4-9(7-15-3)11-6-10-12-8-13-14(10)5-2/h8-9,11H,4-7H2,1-3H3. The van der Waals surface area contributed by atoms with E-state index < -0.39 is 0 Å². The van der Waals surface area contributed by atoms with E-state index in [1.54, 1.807) is 13.4 Å². The van der Waals surface area contributed by atoms with Gasteiger partial charge < -0.3 is 10.1 Å². The fourth-order valence-electron chi connectivity index (χ4n) is 1.45. The first kappa shape index (κ1) is 12.1.